The molecule has 0 aromatic carbocycles. The highest BCUT2D eigenvalue weighted by Gasteiger charge is 2.53. The molecule has 2 amide bonds. The van der Waals surface area contributed by atoms with E-state index in [2.05, 4.69) is 19.8 Å². The van der Waals surface area contributed by atoms with Crippen LogP contribution in [0.15, 0.2) is 34.9 Å². The number of nitrogens with zero attached hydrogens (tertiary/aromatic N) is 6. The Morgan fingerprint density at radius 3 is 2.88 bits per heavy atom. The number of nitrogens with one attached hydrogen (secondary N) is 1. The van der Waals surface area contributed by atoms with Crippen LogP contribution in [0.1, 0.15) is 19.7 Å². The number of carboxylic acid groups (broad SMARTS) is 1. The number of carbonyl (C=O) groups excluding carboxylic acids is 3. The van der Waals surface area contributed by atoms with Gasteiger partial charge in [-0.2, -0.15) is 14.0 Å². The van der Waals surface area contributed by atoms with Crippen molar-refractivity contribution in [2.24, 2.45) is 5.16 Å². The second-order valence-corrected chi connectivity index (χ2v) is 9.15. The topological polar surface area (TPSA) is 172 Å². The van der Waals surface area contributed by atoms with Crippen LogP contribution in [0.5, 0.6) is 0 Å². The van der Waals surface area contributed by atoms with Crippen molar-refractivity contribution < 1.29 is 29.0 Å². The monoisotopic (exact) mass is 506 g/mol. The lowest BCUT2D eigenvalue weighted by Crippen LogP contribution is -2.71. The van der Waals surface area contributed by atoms with Gasteiger partial charge in [0.1, 0.15) is 18.0 Å². The van der Waals surface area contributed by atoms with E-state index in [9.17, 15) is 19.5 Å². The molecule has 13 nitrogen and oxygen atoms in total. The van der Waals surface area contributed by atoms with Gasteiger partial charge in [-0.3, -0.25) is 14.5 Å². The number of anilines is 1. The summed E-state index contributed by atoms with van der Waals surface area (Å²) in [4.78, 5) is 47.9. The van der Waals surface area contributed by atoms with Gasteiger partial charge in [-0.1, -0.05) is 5.16 Å². The van der Waals surface area contributed by atoms with Gasteiger partial charge in [-0.25, -0.2) is 0 Å². The van der Waals surface area contributed by atoms with Crippen LogP contribution in [0.3, 0.4) is 0 Å². The summed E-state index contributed by atoms with van der Waals surface area (Å²) in [5.74, 6) is -2.39. The number of oxime groups is 1. The van der Waals surface area contributed by atoms with Crippen molar-refractivity contribution in [3.05, 3.63) is 35.6 Å². The highest BCUT2D eigenvalue weighted by molar-refractivity contribution is 8.00. The largest absolute Gasteiger partial charge is 0.543 e. The van der Waals surface area contributed by atoms with E-state index >= 15 is 0 Å². The molecule has 4 heterocycles. The number of fused-ring (bicyclic) bond motifs is 1. The lowest BCUT2D eigenvalue weighted by atomic mass is 10.0. The Labute approximate surface area is 202 Å². The van der Waals surface area contributed by atoms with E-state index in [4.69, 9.17) is 10.6 Å². The third kappa shape index (κ3) is 4.35. The molecule has 2 aromatic heterocycles. The number of nitrogen functional groups attached to an aromatic ring is 1. The molecular weight excluding hydrogens is 484 g/mol. The Morgan fingerprint density at radius 2 is 2.24 bits per heavy atom. The van der Waals surface area contributed by atoms with Crippen molar-refractivity contribution in [3.63, 3.8) is 0 Å². The minimum Gasteiger partial charge on any atom is -0.543 e. The fraction of sp³-hybridized carbons (Fsp3) is 0.421. The Bertz CT molecular complexity index is 1190. The first-order valence-corrected chi connectivity index (χ1v) is 12.2. The predicted molar refractivity (Wildman–Crippen MR) is 120 cm³/mol. The SMILES string of the molecule is CCON=C(C(=O)NC1C(=O)N2C(C(=O)[O-])=C(C[n+]3cccn3CC)CS[C@H]12)c1nsc(N)n1. The summed E-state index contributed by atoms with van der Waals surface area (Å²) in [7, 11) is 0. The molecule has 180 valence electrons. The van der Waals surface area contributed by atoms with E-state index in [1.54, 1.807) is 6.92 Å². The summed E-state index contributed by atoms with van der Waals surface area (Å²) in [6.45, 7) is 4.87. The van der Waals surface area contributed by atoms with Gasteiger partial charge in [0.2, 0.25) is 11.5 Å². The first kappa shape index (κ1) is 23.7. The quantitative estimate of drug-likeness (QED) is 0.170. The van der Waals surface area contributed by atoms with Crippen LogP contribution in [-0.4, -0.2) is 66.2 Å². The first-order chi connectivity index (χ1) is 16.3. The van der Waals surface area contributed by atoms with Crippen LogP contribution in [0.2, 0.25) is 0 Å². The average Bonchev–Trinajstić information content (AvgIpc) is 3.45. The molecule has 0 saturated carbocycles. The second-order valence-electron chi connectivity index (χ2n) is 7.26. The molecule has 2 atom stereocenters. The molecule has 3 N–H and O–H groups in total. The van der Waals surface area contributed by atoms with Crippen LogP contribution < -0.4 is 20.8 Å². The van der Waals surface area contributed by atoms with Gasteiger partial charge >= 0.3 is 0 Å². The van der Waals surface area contributed by atoms with Crippen molar-refractivity contribution in [3.8, 4) is 0 Å². The van der Waals surface area contributed by atoms with Crippen LogP contribution in [0.4, 0.5) is 5.13 Å². The number of rotatable bonds is 9. The third-order valence-corrected chi connectivity index (χ3v) is 7.09. The molecule has 2 aliphatic heterocycles. The average molecular weight is 507 g/mol. The van der Waals surface area contributed by atoms with E-state index in [0.717, 1.165) is 11.5 Å². The Morgan fingerprint density at radius 1 is 1.44 bits per heavy atom. The standard InChI is InChI=1S/C19H22N8O5S2/c1-3-25-6-5-7-26(25)8-10-9-33-17-12(16(29)27(17)13(10)18(30)31)21-15(28)11(23-32-4-2)14-22-19(20)34-24-14/h5-7,12,17H,3-4,8-9H2,1-2H3,(H3-,20,21,22,24,28,30,31)/t12?,17-/m1/s1. The smallest absolute Gasteiger partial charge is 0.278 e. The number of β-lactam (4-membered cyclic amide) rings is 1. The molecule has 2 aliphatic rings. The minimum absolute atomic E-state index is 0.0260. The Kier molecular flexibility index (Phi) is 6.83. The van der Waals surface area contributed by atoms with Crippen LogP contribution in [0, 0.1) is 0 Å². The third-order valence-electron chi connectivity index (χ3n) is 5.20. The van der Waals surface area contributed by atoms with Crippen LogP contribution >= 0.6 is 23.3 Å². The zero-order valence-corrected chi connectivity index (χ0v) is 20.0. The van der Waals surface area contributed by atoms with Crippen LogP contribution in [-0.2, 0) is 32.3 Å². The summed E-state index contributed by atoms with van der Waals surface area (Å²) < 4.78 is 7.77. The fourth-order valence-corrected chi connectivity index (χ4v) is 5.45. The maximum absolute atomic E-state index is 12.9. The van der Waals surface area contributed by atoms with Crippen molar-refractivity contribution in [2.75, 3.05) is 18.1 Å². The molecule has 4 rings (SSSR count). The van der Waals surface area contributed by atoms with Gasteiger partial charge in [0.25, 0.3) is 11.8 Å². The van der Waals surface area contributed by atoms with Gasteiger partial charge in [-0.05, 0) is 13.8 Å². The highest BCUT2D eigenvalue weighted by Crippen LogP contribution is 2.40. The molecule has 0 spiro atoms. The van der Waals surface area contributed by atoms with E-state index in [0.29, 0.717) is 24.4 Å². The maximum Gasteiger partial charge on any atom is 0.278 e. The fourth-order valence-electron chi connectivity index (χ4n) is 3.68. The van der Waals surface area contributed by atoms with Gasteiger partial charge in [0, 0.05) is 28.9 Å². The van der Waals surface area contributed by atoms with E-state index in [1.165, 1.54) is 16.7 Å². The number of hydrogen-bond acceptors (Lipinski definition) is 11. The molecule has 0 aliphatic carbocycles. The number of aromatic nitrogens is 4. The number of hydrogen-bond donors (Lipinski definition) is 2. The number of amides is 2. The Hall–Kier alpha value is -3.46. The normalized spacial score (nSPS) is 20.1. The van der Waals surface area contributed by atoms with E-state index < -0.39 is 29.2 Å². The van der Waals surface area contributed by atoms with E-state index in [1.807, 2.05) is 34.7 Å². The van der Waals surface area contributed by atoms with Gasteiger partial charge in [0.05, 0.1) is 24.4 Å². The lowest BCUT2D eigenvalue weighted by molar-refractivity contribution is -0.768. The minimum atomic E-state index is -1.44. The molecule has 0 bridgehead atoms. The summed E-state index contributed by atoms with van der Waals surface area (Å²) in [6, 6.07) is 0.900. The second kappa shape index (κ2) is 9.80. The summed E-state index contributed by atoms with van der Waals surface area (Å²) >= 11 is 2.25. The van der Waals surface area contributed by atoms with Crippen molar-refractivity contribution in [1.29, 1.82) is 0 Å². The molecular formula is C19H22N8O5S2. The summed E-state index contributed by atoms with van der Waals surface area (Å²) in [6.07, 6.45) is 3.71. The molecule has 1 unspecified atom stereocenters. The number of carboxylic acids is 1. The molecule has 15 heteroatoms. The molecule has 2 aromatic rings. The summed E-state index contributed by atoms with van der Waals surface area (Å²) in [5.41, 5.74) is 5.77. The van der Waals surface area contributed by atoms with Crippen molar-refractivity contribution >= 4 is 51.9 Å². The molecule has 1 fully saturated rings. The lowest BCUT2D eigenvalue weighted by Gasteiger charge is -2.50. The zero-order chi connectivity index (χ0) is 24.4. The number of thioether (sulfide) groups is 1. The molecule has 0 radical (unpaired) electrons. The van der Waals surface area contributed by atoms with E-state index in [-0.39, 0.29) is 29.0 Å². The van der Waals surface area contributed by atoms with Crippen LogP contribution in [0.25, 0.3) is 0 Å². The number of nitrogens with two attached hydrogens (primary N) is 1. The highest BCUT2D eigenvalue weighted by atomic mass is 32.2. The first-order valence-electron chi connectivity index (χ1n) is 10.4. The number of aryl methyl sites for hydroxylation is 1. The van der Waals surface area contributed by atoms with Crippen molar-refractivity contribution in [2.45, 2.75) is 38.4 Å². The summed E-state index contributed by atoms with van der Waals surface area (Å²) in [5, 5.41) is 17.9. The number of aliphatic carboxylic acids is 1. The molecule has 1 saturated heterocycles. The number of carbonyl (C=O) groups is 3. The molecule has 34 heavy (non-hydrogen) atoms. The van der Waals surface area contributed by atoms with Gasteiger partial charge in [-0.15, -0.1) is 16.4 Å². The maximum atomic E-state index is 12.9. The van der Waals surface area contributed by atoms with Crippen molar-refractivity contribution in [1.82, 2.24) is 24.3 Å². The predicted octanol–water partition coefficient (Wildman–Crippen LogP) is -1.93. The Balaban J connectivity index is 1.54. The van der Waals surface area contributed by atoms with Gasteiger partial charge in [0.15, 0.2) is 17.9 Å². The van der Waals surface area contributed by atoms with Gasteiger partial charge < -0.3 is 25.8 Å². The zero-order valence-electron chi connectivity index (χ0n) is 18.3.